The van der Waals surface area contributed by atoms with E-state index in [9.17, 15) is 8.42 Å². The zero-order valence-corrected chi connectivity index (χ0v) is 18.8. The molecule has 1 aromatic heterocycles. The molecule has 0 saturated carbocycles. The van der Waals surface area contributed by atoms with Gasteiger partial charge in [-0.3, -0.25) is 9.89 Å². The minimum Gasteiger partial charge on any atom is -0.355 e. The van der Waals surface area contributed by atoms with E-state index in [1.165, 1.54) is 0 Å². The van der Waals surface area contributed by atoms with Gasteiger partial charge in [0, 0.05) is 59.2 Å². The van der Waals surface area contributed by atoms with E-state index >= 15 is 0 Å². The van der Waals surface area contributed by atoms with Crippen LogP contribution in [0.4, 0.5) is 0 Å². The molecule has 0 atom stereocenters. The van der Waals surface area contributed by atoms with Crippen LogP contribution < -0.4 is 5.32 Å². The fourth-order valence-electron chi connectivity index (χ4n) is 2.73. The van der Waals surface area contributed by atoms with Crippen molar-refractivity contribution in [2.75, 3.05) is 51.8 Å². The lowest BCUT2D eigenvalue weighted by atomic mass is 10.4. The summed E-state index contributed by atoms with van der Waals surface area (Å²) in [6.45, 7) is 3.45. The molecule has 25 heavy (non-hydrogen) atoms. The van der Waals surface area contributed by atoms with Crippen LogP contribution in [-0.4, -0.2) is 80.5 Å². The first-order valence-corrected chi connectivity index (χ1v) is 10.2. The van der Waals surface area contributed by atoms with Crippen molar-refractivity contribution >= 4 is 51.4 Å². The van der Waals surface area contributed by atoms with Crippen LogP contribution in [0.3, 0.4) is 0 Å². The summed E-state index contributed by atoms with van der Waals surface area (Å²) < 4.78 is 24.9. The van der Waals surface area contributed by atoms with Crippen molar-refractivity contribution < 1.29 is 8.42 Å². The van der Waals surface area contributed by atoms with E-state index < -0.39 is 9.84 Å². The number of rotatable bonds is 5. The Bertz CT molecular complexity index is 678. The first-order valence-electron chi connectivity index (χ1n) is 7.96. The van der Waals surface area contributed by atoms with Crippen LogP contribution in [-0.2, 0) is 23.4 Å². The van der Waals surface area contributed by atoms with Crippen molar-refractivity contribution in [1.29, 1.82) is 0 Å². The molecule has 0 spiro atoms. The Morgan fingerprint density at radius 1 is 1.40 bits per heavy atom. The van der Waals surface area contributed by atoms with Crippen LogP contribution in [0.15, 0.2) is 17.3 Å². The quantitative estimate of drug-likeness (QED) is 0.369. The van der Waals surface area contributed by atoms with Crippen molar-refractivity contribution in [1.82, 2.24) is 19.7 Å². The van der Waals surface area contributed by atoms with E-state index in [2.05, 4.69) is 15.2 Å². The van der Waals surface area contributed by atoms with Crippen molar-refractivity contribution in [3.05, 3.63) is 23.0 Å². The van der Waals surface area contributed by atoms with E-state index in [4.69, 9.17) is 11.6 Å². The number of hydrogen-bond acceptors (Lipinski definition) is 4. The Morgan fingerprint density at radius 3 is 2.56 bits per heavy atom. The van der Waals surface area contributed by atoms with Gasteiger partial charge in [0.05, 0.1) is 23.1 Å². The molecule has 0 aliphatic carbocycles. The summed E-state index contributed by atoms with van der Waals surface area (Å²) in [7, 11) is 2.88. The molecule has 1 aromatic rings. The minimum absolute atomic E-state index is 0. The molecular weight excluding hydrogens is 477 g/mol. The summed E-state index contributed by atoms with van der Waals surface area (Å²) in [5, 5.41) is 4.05. The van der Waals surface area contributed by atoms with Crippen LogP contribution >= 0.6 is 35.6 Å². The highest BCUT2D eigenvalue weighted by Gasteiger charge is 2.21. The highest BCUT2D eigenvalue weighted by molar-refractivity contribution is 14.0. The number of halogens is 2. The van der Waals surface area contributed by atoms with Gasteiger partial charge in [-0.2, -0.15) is 0 Å². The highest BCUT2D eigenvalue weighted by atomic mass is 127. The molecule has 1 N–H and O–H groups in total. The number of aryl methyl sites for hydroxylation is 1. The second kappa shape index (κ2) is 9.98. The molecule has 1 fully saturated rings. The van der Waals surface area contributed by atoms with Gasteiger partial charge in [-0.25, -0.2) is 8.42 Å². The van der Waals surface area contributed by atoms with Crippen molar-refractivity contribution in [2.45, 2.75) is 6.54 Å². The summed E-state index contributed by atoms with van der Waals surface area (Å²) in [5.74, 6) is 1.32. The van der Waals surface area contributed by atoms with Crippen molar-refractivity contribution in [2.24, 2.45) is 12.0 Å². The predicted octanol–water partition coefficient (Wildman–Crippen LogP) is 1.03. The molecule has 1 aliphatic heterocycles. The first kappa shape index (κ1) is 22.5. The Hall–Kier alpha value is -0.520. The summed E-state index contributed by atoms with van der Waals surface area (Å²) in [4.78, 5) is 8.50. The smallest absolute Gasteiger partial charge is 0.193 e. The fraction of sp³-hybridized carbons (Fsp3) is 0.667. The van der Waals surface area contributed by atoms with Gasteiger partial charge in [-0.15, -0.1) is 24.0 Å². The fourth-order valence-corrected chi connectivity index (χ4v) is 4.27. The Labute approximate surface area is 172 Å². The van der Waals surface area contributed by atoms with Crippen LogP contribution in [0.25, 0.3) is 0 Å². The Morgan fingerprint density at radius 2 is 2.04 bits per heavy atom. The Balaban J connectivity index is 0.00000312. The molecule has 0 unspecified atom stereocenters. The lowest BCUT2D eigenvalue weighted by Crippen LogP contribution is -2.46. The normalized spacial score (nSPS) is 17.8. The number of nitrogens with zero attached hydrogens (tertiary/aromatic N) is 4. The van der Waals surface area contributed by atoms with E-state index in [0.717, 1.165) is 29.8 Å². The third kappa shape index (κ3) is 6.95. The maximum absolute atomic E-state index is 11.4. The summed E-state index contributed by atoms with van der Waals surface area (Å²) in [6, 6.07) is 1.94. The van der Waals surface area contributed by atoms with Gasteiger partial charge in [-0.05, 0) is 6.07 Å². The van der Waals surface area contributed by atoms with Gasteiger partial charge in [0.15, 0.2) is 15.8 Å². The molecule has 1 aliphatic rings. The average Bonchev–Trinajstić information content (AvgIpc) is 2.82. The maximum Gasteiger partial charge on any atom is 0.193 e. The van der Waals surface area contributed by atoms with Crippen LogP contribution in [0.5, 0.6) is 0 Å². The number of nitrogens with one attached hydrogen (secondary N) is 1. The lowest BCUT2D eigenvalue weighted by Gasteiger charge is -2.28. The monoisotopic (exact) mass is 503 g/mol. The molecule has 1 saturated heterocycles. The summed E-state index contributed by atoms with van der Waals surface area (Å²) >= 11 is 6.02. The average molecular weight is 504 g/mol. The molecule has 0 radical (unpaired) electrons. The molecule has 10 heteroatoms. The zero-order valence-electron chi connectivity index (χ0n) is 14.9. The van der Waals surface area contributed by atoms with Crippen molar-refractivity contribution in [3.63, 3.8) is 0 Å². The Kier molecular flexibility index (Phi) is 8.99. The van der Waals surface area contributed by atoms with Crippen LogP contribution in [0.1, 0.15) is 5.69 Å². The zero-order chi connectivity index (χ0) is 17.7. The second-order valence-corrected chi connectivity index (χ2v) is 8.82. The standard InChI is InChI=1S/C15H26ClN5O2S.HI/c1-17-15(20(3)12-14-10-13(16)11-19(14)2)18-4-5-21-6-8-24(22,23)9-7-21;/h10-11H,4-9,12H2,1-3H3,(H,17,18);1H. The third-order valence-electron chi connectivity index (χ3n) is 4.20. The van der Waals surface area contributed by atoms with Gasteiger partial charge in [0.1, 0.15) is 0 Å². The molecule has 7 nitrogen and oxygen atoms in total. The van der Waals surface area contributed by atoms with Gasteiger partial charge in [0.2, 0.25) is 0 Å². The molecule has 2 rings (SSSR count). The van der Waals surface area contributed by atoms with Crippen LogP contribution in [0, 0.1) is 0 Å². The third-order valence-corrected chi connectivity index (χ3v) is 6.01. The minimum atomic E-state index is -2.82. The second-order valence-electron chi connectivity index (χ2n) is 6.08. The first-order chi connectivity index (χ1) is 11.3. The van der Waals surface area contributed by atoms with E-state index in [0.29, 0.717) is 19.6 Å². The van der Waals surface area contributed by atoms with Crippen molar-refractivity contribution in [3.8, 4) is 0 Å². The molecule has 0 aromatic carbocycles. The molecule has 0 bridgehead atoms. The number of hydrogen-bond donors (Lipinski definition) is 1. The number of guanidine groups is 1. The maximum atomic E-state index is 11.4. The molecule has 144 valence electrons. The highest BCUT2D eigenvalue weighted by Crippen LogP contribution is 2.14. The largest absolute Gasteiger partial charge is 0.355 e. The topological polar surface area (TPSA) is 69.9 Å². The SMILES string of the molecule is CN=C(NCCN1CCS(=O)(=O)CC1)N(C)Cc1cc(Cl)cn1C.I. The van der Waals surface area contributed by atoms with Gasteiger partial charge >= 0.3 is 0 Å². The molecular formula is C15H27ClIN5O2S. The lowest BCUT2D eigenvalue weighted by molar-refractivity contribution is 0.298. The number of aromatic nitrogens is 1. The van der Waals surface area contributed by atoms with Gasteiger partial charge in [0.25, 0.3) is 0 Å². The van der Waals surface area contributed by atoms with E-state index in [1.54, 1.807) is 7.05 Å². The molecule has 0 amide bonds. The van der Waals surface area contributed by atoms with E-state index in [1.807, 2.05) is 35.8 Å². The van der Waals surface area contributed by atoms with Crippen LogP contribution in [0.2, 0.25) is 5.02 Å². The molecule has 2 heterocycles. The summed E-state index contributed by atoms with van der Waals surface area (Å²) in [5.41, 5.74) is 1.10. The summed E-state index contributed by atoms with van der Waals surface area (Å²) in [6.07, 6.45) is 1.88. The van der Waals surface area contributed by atoms with Gasteiger partial charge < -0.3 is 14.8 Å². The van der Waals surface area contributed by atoms with Gasteiger partial charge in [-0.1, -0.05) is 11.6 Å². The number of sulfone groups is 1. The van der Waals surface area contributed by atoms with E-state index in [-0.39, 0.29) is 35.5 Å². The predicted molar refractivity (Wildman–Crippen MR) is 114 cm³/mol. The number of aliphatic imine (C=N–C) groups is 1.